The molecule has 0 aliphatic rings. The molecule has 1 unspecified atom stereocenters. The Labute approximate surface area is 117 Å². The Morgan fingerprint density at radius 2 is 1.79 bits per heavy atom. The lowest BCUT2D eigenvalue weighted by atomic mass is 10.0. The van der Waals surface area contributed by atoms with E-state index in [0.29, 0.717) is 0 Å². The third kappa shape index (κ3) is 5.33. The molecule has 1 N–H and O–H groups in total. The van der Waals surface area contributed by atoms with Gasteiger partial charge in [0.05, 0.1) is 11.5 Å². The molecule has 0 aliphatic carbocycles. The van der Waals surface area contributed by atoms with Crippen LogP contribution in [0.5, 0.6) is 0 Å². The Morgan fingerprint density at radius 3 is 2.32 bits per heavy atom. The van der Waals surface area contributed by atoms with E-state index in [1.54, 1.807) is 0 Å². The molecule has 19 heavy (non-hydrogen) atoms. The zero-order valence-corrected chi connectivity index (χ0v) is 13.1. The van der Waals surface area contributed by atoms with Crippen molar-refractivity contribution in [1.29, 1.82) is 0 Å². The van der Waals surface area contributed by atoms with E-state index < -0.39 is 9.84 Å². The molecule has 1 aromatic rings. The smallest absolute Gasteiger partial charge is 0.152 e. The van der Waals surface area contributed by atoms with Crippen molar-refractivity contribution in [3.63, 3.8) is 0 Å². The van der Waals surface area contributed by atoms with Crippen molar-refractivity contribution < 1.29 is 8.42 Å². The summed E-state index contributed by atoms with van der Waals surface area (Å²) in [4.78, 5) is 0. The SMILES string of the molecule is CCNC(CS(=O)(=O)CC(C)C)c1ccccc1C. The molecule has 1 aromatic carbocycles. The van der Waals surface area contributed by atoms with Crippen LogP contribution in [0.25, 0.3) is 0 Å². The molecule has 108 valence electrons. The molecule has 1 rings (SSSR count). The van der Waals surface area contributed by atoms with Crippen LogP contribution in [-0.4, -0.2) is 26.5 Å². The second kappa shape index (κ2) is 7.06. The van der Waals surface area contributed by atoms with Gasteiger partial charge in [-0.2, -0.15) is 0 Å². The zero-order chi connectivity index (χ0) is 14.5. The number of aryl methyl sites for hydroxylation is 1. The van der Waals surface area contributed by atoms with E-state index in [-0.39, 0.29) is 23.5 Å². The molecule has 0 spiro atoms. The molecular weight excluding hydrogens is 258 g/mol. The molecule has 0 heterocycles. The van der Waals surface area contributed by atoms with Gasteiger partial charge in [-0.3, -0.25) is 0 Å². The molecule has 0 amide bonds. The van der Waals surface area contributed by atoms with Gasteiger partial charge in [0.1, 0.15) is 0 Å². The third-order valence-corrected chi connectivity index (χ3v) is 5.04. The van der Waals surface area contributed by atoms with Crippen LogP contribution in [0.3, 0.4) is 0 Å². The third-order valence-electron chi connectivity index (χ3n) is 3.02. The van der Waals surface area contributed by atoms with E-state index in [0.717, 1.165) is 17.7 Å². The largest absolute Gasteiger partial charge is 0.309 e. The topological polar surface area (TPSA) is 46.2 Å². The van der Waals surface area contributed by atoms with Crippen molar-refractivity contribution in [2.75, 3.05) is 18.1 Å². The predicted octanol–water partition coefficient (Wildman–Crippen LogP) is 2.72. The van der Waals surface area contributed by atoms with Gasteiger partial charge in [0.25, 0.3) is 0 Å². The highest BCUT2D eigenvalue weighted by Crippen LogP contribution is 2.20. The van der Waals surface area contributed by atoms with Gasteiger partial charge in [0.15, 0.2) is 9.84 Å². The molecular formula is C15H25NO2S. The van der Waals surface area contributed by atoms with Crippen molar-refractivity contribution in [1.82, 2.24) is 5.32 Å². The molecule has 0 bridgehead atoms. The van der Waals surface area contributed by atoms with Crippen molar-refractivity contribution in [3.05, 3.63) is 35.4 Å². The summed E-state index contributed by atoms with van der Waals surface area (Å²) < 4.78 is 24.3. The summed E-state index contributed by atoms with van der Waals surface area (Å²) >= 11 is 0. The Bertz CT molecular complexity index is 495. The van der Waals surface area contributed by atoms with Crippen LogP contribution in [0.15, 0.2) is 24.3 Å². The molecule has 0 saturated carbocycles. The van der Waals surface area contributed by atoms with Gasteiger partial charge in [0.2, 0.25) is 0 Å². The van der Waals surface area contributed by atoms with Crippen LogP contribution in [0.4, 0.5) is 0 Å². The molecule has 4 heteroatoms. The quantitative estimate of drug-likeness (QED) is 0.837. The molecule has 0 aliphatic heterocycles. The van der Waals surface area contributed by atoms with E-state index in [2.05, 4.69) is 5.32 Å². The van der Waals surface area contributed by atoms with E-state index in [1.165, 1.54) is 0 Å². The minimum absolute atomic E-state index is 0.116. The minimum Gasteiger partial charge on any atom is -0.309 e. The van der Waals surface area contributed by atoms with Crippen LogP contribution in [0.2, 0.25) is 0 Å². The van der Waals surface area contributed by atoms with Crippen LogP contribution < -0.4 is 5.32 Å². The number of nitrogens with one attached hydrogen (secondary N) is 1. The van der Waals surface area contributed by atoms with Crippen molar-refractivity contribution in [2.45, 2.75) is 33.7 Å². The van der Waals surface area contributed by atoms with Gasteiger partial charge in [-0.05, 0) is 30.5 Å². The fourth-order valence-electron chi connectivity index (χ4n) is 2.31. The normalized spacial score (nSPS) is 13.7. The fourth-order valence-corrected chi connectivity index (χ4v) is 4.27. The zero-order valence-electron chi connectivity index (χ0n) is 12.3. The van der Waals surface area contributed by atoms with Gasteiger partial charge >= 0.3 is 0 Å². The maximum absolute atomic E-state index is 12.2. The number of sulfone groups is 1. The monoisotopic (exact) mass is 283 g/mol. The second-order valence-corrected chi connectivity index (χ2v) is 7.59. The standard InChI is InChI=1S/C15H25NO2S/c1-5-16-15(11-19(17,18)10-12(2)3)14-9-7-6-8-13(14)4/h6-9,12,15-16H,5,10-11H2,1-4H3. The van der Waals surface area contributed by atoms with Crippen LogP contribution in [0.1, 0.15) is 37.9 Å². The summed E-state index contributed by atoms with van der Waals surface area (Å²) in [5.74, 6) is 0.592. The highest BCUT2D eigenvalue weighted by Gasteiger charge is 2.22. The molecule has 0 saturated heterocycles. The van der Waals surface area contributed by atoms with Crippen LogP contribution >= 0.6 is 0 Å². The highest BCUT2D eigenvalue weighted by atomic mass is 32.2. The molecule has 0 radical (unpaired) electrons. The Balaban J connectivity index is 2.94. The van der Waals surface area contributed by atoms with Gasteiger partial charge < -0.3 is 5.32 Å². The van der Waals surface area contributed by atoms with E-state index in [9.17, 15) is 8.42 Å². The van der Waals surface area contributed by atoms with E-state index in [4.69, 9.17) is 0 Å². The summed E-state index contributed by atoms with van der Waals surface area (Å²) in [6, 6.07) is 7.85. The average Bonchev–Trinajstić information content (AvgIpc) is 2.27. The molecule has 0 aromatic heterocycles. The van der Waals surface area contributed by atoms with Crippen molar-refractivity contribution in [3.8, 4) is 0 Å². The fraction of sp³-hybridized carbons (Fsp3) is 0.600. The Hall–Kier alpha value is -0.870. The first-order valence-electron chi connectivity index (χ1n) is 6.85. The minimum atomic E-state index is -3.03. The Morgan fingerprint density at radius 1 is 1.16 bits per heavy atom. The second-order valence-electron chi connectivity index (χ2n) is 5.44. The first-order valence-corrected chi connectivity index (χ1v) is 8.67. The van der Waals surface area contributed by atoms with Crippen molar-refractivity contribution >= 4 is 9.84 Å². The number of hydrogen-bond donors (Lipinski definition) is 1. The average molecular weight is 283 g/mol. The predicted molar refractivity (Wildman–Crippen MR) is 81.1 cm³/mol. The molecule has 3 nitrogen and oxygen atoms in total. The lowest BCUT2D eigenvalue weighted by Gasteiger charge is -2.21. The first-order chi connectivity index (χ1) is 8.85. The van der Waals surface area contributed by atoms with Crippen LogP contribution in [-0.2, 0) is 9.84 Å². The Kier molecular flexibility index (Phi) is 6.01. The van der Waals surface area contributed by atoms with Gasteiger partial charge in [0, 0.05) is 6.04 Å². The van der Waals surface area contributed by atoms with Gasteiger partial charge in [-0.15, -0.1) is 0 Å². The maximum atomic E-state index is 12.2. The number of rotatable bonds is 7. The molecule has 0 fully saturated rings. The first kappa shape index (κ1) is 16.2. The maximum Gasteiger partial charge on any atom is 0.152 e. The summed E-state index contributed by atoms with van der Waals surface area (Å²) in [5, 5.41) is 3.29. The summed E-state index contributed by atoms with van der Waals surface area (Å²) in [6.07, 6.45) is 0. The van der Waals surface area contributed by atoms with E-state index >= 15 is 0 Å². The summed E-state index contributed by atoms with van der Waals surface area (Å²) in [5.41, 5.74) is 2.21. The lowest BCUT2D eigenvalue weighted by molar-refractivity contribution is 0.550. The van der Waals surface area contributed by atoms with Crippen LogP contribution in [0, 0.1) is 12.8 Å². The lowest BCUT2D eigenvalue weighted by Crippen LogP contribution is -2.30. The van der Waals surface area contributed by atoms with Gasteiger partial charge in [-0.25, -0.2) is 8.42 Å². The summed E-state index contributed by atoms with van der Waals surface area (Å²) in [6.45, 7) is 8.66. The highest BCUT2D eigenvalue weighted by molar-refractivity contribution is 7.91. The molecule has 1 atom stereocenters. The van der Waals surface area contributed by atoms with E-state index in [1.807, 2.05) is 52.0 Å². The number of hydrogen-bond acceptors (Lipinski definition) is 3. The van der Waals surface area contributed by atoms with Crippen molar-refractivity contribution in [2.24, 2.45) is 5.92 Å². The summed E-state index contributed by atoms with van der Waals surface area (Å²) in [7, 11) is -3.03. The van der Waals surface area contributed by atoms with Gasteiger partial charge in [-0.1, -0.05) is 45.0 Å². The number of benzene rings is 1.